The van der Waals surface area contributed by atoms with Crippen LogP contribution in [0.15, 0.2) is 200 Å². The van der Waals surface area contributed by atoms with Crippen molar-refractivity contribution < 1.29 is 0 Å². The van der Waals surface area contributed by atoms with Crippen LogP contribution in [0.4, 0.5) is 34.1 Å². The van der Waals surface area contributed by atoms with Crippen LogP contribution in [0.3, 0.4) is 0 Å². The third-order valence-electron chi connectivity index (χ3n) is 11.6. The lowest BCUT2D eigenvalue weighted by Gasteiger charge is -2.29. The van der Waals surface area contributed by atoms with E-state index in [0.29, 0.717) is 0 Å². The van der Waals surface area contributed by atoms with Crippen LogP contribution >= 0.6 is 0 Å². The average molecular weight is 753 g/mol. The van der Waals surface area contributed by atoms with E-state index in [9.17, 15) is 0 Å². The summed E-state index contributed by atoms with van der Waals surface area (Å²) in [5.74, 6) is 0. The van der Waals surface area contributed by atoms with E-state index < -0.39 is 8.07 Å². The Morgan fingerprint density at radius 2 is 0.684 bits per heavy atom. The number of rotatable bonds is 9. The molecule has 278 valence electrons. The maximum Gasteiger partial charge on any atom is 0.0775 e. The second-order valence-corrected chi connectivity index (χ2v) is 21.8. The lowest BCUT2D eigenvalue weighted by molar-refractivity contribution is 0.660. The fraction of sp³-hybridized carbons (Fsp3) is 0.111. The van der Waals surface area contributed by atoms with Gasteiger partial charge in [-0.25, -0.2) is 0 Å². The molecule has 57 heavy (non-hydrogen) atoms. The lowest BCUT2D eigenvalue weighted by Crippen LogP contribution is -2.37. The van der Waals surface area contributed by atoms with E-state index in [2.05, 4.69) is 243 Å². The Kier molecular flexibility index (Phi) is 9.27. The summed E-state index contributed by atoms with van der Waals surface area (Å²) in [4.78, 5) is 4.71. The van der Waals surface area contributed by atoms with Gasteiger partial charge < -0.3 is 9.80 Å². The van der Waals surface area contributed by atoms with Crippen molar-refractivity contribution in [3.8, 4) is 33.4 Å². The lowest BCUT2D eigenvalue weighted by atomic mass is 9.82. The summed E-state index contributed by atoms with van der Waals surface area (Å²) in [5, 5.41) is 1.47. The predicted molar refractivity (Wildman–Crippen MR) is 247 cm³/mol. The van der Waals surface area contributed by atoms with Crippen molar-refractivity contribution in [1.29, 1.82) is 0 Å². The Balaban J connectivity index is 1.00. The van der Waals surface area contributed by atoms with E-state index in [1.807, 2.05) is 0 Å². The van der Waals surface area contributed by atoms with E-state index in [-0.39, 0.29) is 5.41 Å². The molecule has 0 aliphatic heterocycles. The smallest absolute Gasteiger partial charge is 0.0775 e. The number of nitrogens with zero attached hydrogens (tertiary/aromatic N) is 2. The molecule has 0 unspecified atom stereocenters. The first-order valence-electron chi connectivity index (χ1n) is 20.0. The molecule has 8 aromatic carbocycles. The average Bonchev–Trinajstić information content (AvgIpc) is 3.48. The van der Waals surface area contributed by atoms with E-state index in [0.717, 1.165) is 22.7 Å². The minimum absolute atomic E-state index is 0.0714. The molecule has 3 heteroatoms. The Morgan fingerprint density at radius 1 is 0.333 bits per heavy atom. The van der Waals surface area contributed by atoms with Crippen LogP contribution in [0.5, 0.6) is 0 Å². The summed E-state index contributed by atoms with van der Waals surface area (Å²) in [6.45, 7) is 11.9. The van der Waals surface area contributed by atoms with Crippen LogP contribution < -0.4 is 15.0 Å². The molecule has 0 heterocycles. The zero-order chi connectivity index (χ0) is 39.1. The van der Waals surface area contributed by atoms with Gasteiger partial charge in [0.2, 0.25) is 0 Å². The molecular formula is C54H48N2Si. The number of benzene rings is 8. The first-order valence-corrected chi connectivity index (χ1v) is 23.5. The topological polar surface area (TPSA) is 6.48 Å². The summed E-state index contributed by atoms with van der Waals surface area (Å²) in [6, 6.07) is 73.2. The fourth-order valence-corrected chi connectivity index (χ4v) is 9.62. The molecule has 1 aliphatic carbocycles. The van der Waals surface area contributed by atoms with Crippen molar-refractivity contribution in [2.75, 3.05) is 9.80 Å². The molecule has 0 saturated heterocycles. The molecule has 2 nitrogen and oxygen atoms in total. The van der Waals surface area contributed by atoms with Gasteiger partial charge in [-0.15, -0.1) is 0 Å². The van der Waals surface area contributed by atoms with Crippen LogP contribution in [0, 0.1) is 0 Å². The van der Waals surface area contributed by atoms with Crippen molar-refractivity contribution in [3.05, 3.63) is 211 Å². The molecule has 0 fully saturated rings. The van der Waals surface area contributed by atoms with Crippen molar-refractivity contribution in [1.82, 2.24) is 0 Å². The van der Waals surface area contributed by atoms with Crippen LogP contribution in [-0.2, 0) is 5.41 Å². The third-order valence-corrected chi connectivity index (χ3v) is 13.7. The van der Waals surface area contributed by atoms with Gasteiger partial charge in [-0.2, -0.15) is 0 Å². The summed E-state index contributed by atoms with van der Waals surface area (Å²) in [6.07, 6.45) is 0. The zero-order valence-electron chi connectivity index (χ0n) is 33.4. The zero-order valence-corrected chi connectivity index (χ0v) is 34.4. The number of fused-ring (bicyclic) bond motifs is 3. The van der Waals surface area contributed by atoms with Crippen LogP contribution in [-0.4, -0.2) is 8.07 Å². The number of anilines is 6. The minimum Gasteiger partial charge on any atom is -0.311 e. The predicted octanol–water partition coefficient (Wildman–Crippen LogP) is 14.8. The van der Waals surface area contributed by atoms with Crippen molar-refractivity contribution in [2.45, 2.75) is 38.9 Å². The third kappa shape index (κ3) is 6.89. The van der Waals surface area contributed by atoms with Crippen molar-refractivity contribution in [3.63, 3.8) is 0 Å². The van der Waals surface area contributed by atoms with Gasteiger partial charge in [0.25, 0.3) is 0 Å². The van der Waals surface area contributed by atoms with E-state index in [1.165, 1.54) is 61.1 Å². The molecule has 8 aromatic rings. The summed E-state index contributed by atoms with van der Waals surface area (Å²) in [7, 11) is -1.44. The highest BCUT2D eigenvalue weighted by molar-refractivity contribution is 6.88. The molecule has 0 radical (unpaired) electrons. The minimum atomic E-state index is -1.44. The standard InChI is InChI=1S/C54H48N2Si/c1-54(2)52-19-13-12-18-50(52)51-37-34-48(38-53(51)54)56(47-32-35-49(36-33-47)57(3,4)5)46-30-26-42(27-31-46)40-22-20-39(21-23-40)41-24-28-45(29-25-41)55(43-14-8-6-9-15-43)44-16-10-7-11-17-44/h6-38H,1-5H3. The Hall–Kier alpha value is -6.42. The Bertz CT molecular complexity index is 2600. The second-order valence-electron chi connectivity index (χ2n) is 16.7. The van der Waals surface area contributed by atoms with E-state index in [1.54, 1.807) is 0 Å². The molecular weight excluding hydrogens is 705 g/mol. The molecule has 0 atom stereocenters. The second kappa shape index (κ2) is 14.6. The highest BCUT2D eigenvalue weighted by atomic mass is 28.3. The van der Waals surface area contributed by atoms with Crippen LogP contribution in [0.2, 0.25) is 19.6 Å². The van der Waals surface area contributed by atoms with Crippen LogP contribution in [0.1, 0.15) is 25.0 Å². The first kappa shape index (κ1) is 36.2. The maximum atomic E-state index is 2.42. The molecule has 0 spiro atoms. The monoisotopic (exact) mass is 752 g/mol. The quantitative estimate of drug-likeness (QED) is 0.136. The van der Waals surface area contributed by atoms with E-state index >= 15 is 0 Å². The Labute approximate surface area is 339 Å². The fourth-order valence-electron chi connectivity index (χ4n) is 8.45. The van der Waals surface area contributed by atoms with Gasteiger partial charge in [-0.3, -0.25) is 0 Å². The van der Waals surface area contributed by atoms with Crippen molar-refractivity contribution in [2.24, 2.45) is 0 Å². The molecule has 1 aliphatic rings. The van der Waals surface area contributed by atoms with Gasteiger partial charge in [0.05, 0.1) is 8.07 Å². The SMILES string of the molecule is CC1(C)c2ccccc2-c2ccc(N(c3ccc(-c4ccc(-c5ccc(N(c6ccccc6)c6ccccc6)cc5)cc4)cc3)c3ccc([Si](C)(C)C)cc3)cc21. The number of para-hydroxylation sites is 2. The first-order chi connectivity index (χ1) is 27.6. The van der Waals surface area contributed by atoms with Gasteiger partial charge in [-0.05, 0) is 117 Å². The van der Waals surface area contributed by atoms with Gasteiger partial charge in [0, 0.05) is 39.5 Å². The number of hydrogen-bond donors (Lipinski definition) is 0. The van der Waals surface area contributed by atoms with Gasteiger partial charge in [0.1, 0.15) is 0 Å². The Morgan fingerprint density at radius 3 is 1.16 bits per heavy atom. The summed E-state index contributed by atoms with van der Waals surface area (Å²) >= 11 is 0. The van der Waals surface area contributed by atoms with Gasteiger partial charge in [0.15, 0.2) is 0 Å². The molecule has 0 N–H and O–H groups in total. The normalized spacial score (nSPS) is 12.8. The molecule has 9 rings (SSSR count). The molecule has 0 saturated carbocycles. The van der Waals surface area contributed by atoms with E-state index in [4.69, 9.17) is 0 Å². The highest BCUT2D eigenvalue weighted by Crippen LogP contribution is 2.50. The van der Waals surface area contributed by atoms with Gasteiger partial charge in [-0.1, -0.05) is 166 Å². The number of hydrogen-bond acceptors (Lipinski definition) is 2. The molecule has 0 aromatic heterocycles. The van der Waals surface area contributed by atoms with Gasteiger partial charge >= 0.3 is 0 Å². The summed E-state index contributed by atoms with van der Waals surface area (Å²) < 4.78 is 0. The van der Waals surface area contributed by atoms with Crippen molar-refractivity contribution >= 4 is 47.4 Å². The summed E-state index contributed by atoms with van der Waals surface area (Å²) in [5.41, 5.74) is 17.1. The maximum absolute atomic E-state index is 2.42. The molecule has 0 amide bonds. The highest BCUT2D eigenvalue weighted by Gasteiger charge is 2.35. The molecule has 0 bridgehead atoms. The largest absolute Gasteiger partial charge is 0.311 e. The van der Waals surface area contributed by atoms with Crippen LogP contribution in [0.25, 0.3) is 33.4 Å².